The lowest BCUT2D eigenvalue weighted by atomic mass is 9.98. The standard InChI is InChI=1S/C52H33N3O/c1-31-11-3-6-18-45(31)53-51-32(2)54-47-24-21-34(29-43(47)40-16-10-17-41(51)52(40)54)33-12-9-13-37(27-33)55-46-19-7-4-14-38(46)42-28-35(22-25-48(42)55)36-23-26-50-44(30-36)39-15-5-8-20-49(39)56-50/h3-30H,2H2,1H3/p+1. The van der Waals surface area contributed by atoms with Crippen LogP contribution in [0, 0.1) is 6.92 Å². The second kappa shape index (κ2) is 11.6. The highest BCUT2D eigenvalue weighted by Crippen LogP contribution is 2.42. The van der Waals surface area contributed by atoms with E-state index < -0.39 is 0 Å². The SMILES string of the molecule is C=c1c(=Nc2ccccc2C)c2cccc3c4cc(-c5cccc([NH+]6c7ccccc7-c7cc(-c8ccc9oc%10ccccc%10c9c8)ccc76)c5)ccc4n1c23. The van der Waals surface area contributed by atoms with Crippen molar-refractivity contribution in [3.8, 4) is 33.4 Å². The molecule has 0 aliphatic carbocycles. The van der Waals surface area contributed by atoms with Crippen molar-refractivity contribution in [3.63, 3.8) is 0 Å². The van der Waals surface area contributed by atoms with Crippen LogP contribution in [0.2, 0.25) is 0 Å². The van der Waals surface area contributed by atoms with E-state index in [0.29, 0.717) is 0 Å². The van der Waals surface area contributed by atoms with Crippen LogP contribution in [0.5, 0.6) is 0 Å². The molecule has 4 heteroatoms. The molecule has 1 aliphatic rings. The van der Waals surface area contributed by atoms with Crippen molar-refractivity contribution in [2.75, 3.05) is 0 Å². The molecule has 1 N–H and O–H groups in total. The van der Waals surface area contributed by atoms with Gasteiger partial charge in [0.2, 0.25) is 0 Å². The normalized spacial score (nSPS) is 14.2. The quantitative estimate of drug-likeness (QED) is 0.193. The lowest BCUT2D eigenvalue weighted by Crippen LogP contribution is -2.95. The van der Waals surface area contributed by atoms with E-state index in [2.05, 4.69) is 170 Å². The average Bonchev–Trinajstić information content (AvgIpc) is 3.97. The third-order valence-electron chi connectivity index (χ3n) is 11.9. The second-order valence-corrected chi connectivity index (χ2v) is 15.0. The third-order valence-corrected chi connectivity index (χ3v) is 11.9. The maximum atomic E-state index is 6.13. The van der Waals surface area contributed by atoms with Crippen LogP contribution in [-0.4, -0.2) is 4.40 Å². The number of para-hydroxylation sites is 4. The molecule has 12 rings (SSSR count). The molecular weight excluding hydrogens is 683 g/mol. The van der Waals surface area contributed by atoms with Crippen LogP contribution in [0.15, 0.2) is 179 Å². The highest BCUT2D eigenvalue weighted by molar-refractivity contribution is 6.15. The Hall–Kier alpha value is -7.27. The molecule has 262 valence electrons. The number of furan rings is 1. The number of benzene rings is 8. The van der Waals surface area contributed by atoms with Crippen molar-refractivity contribution >= 4 is 78.5 Å². The minimum atomic E-state index is 0.915. The summed E-state index contributed by atoms with van der Waals surface area (Å²) in [5.41, 5.74) is 17.3. The predicted octanol–water partition coefficient (Wildman–Crippen LogP) is 11.7. The summed E-state index contributed by atoms with van der Waals surface area (Å²) in [5.74, 6) is 0. The summed E-state index contributed by atoms with van der Waals surface area (Å²) in [6.45, 7) is 6.67. The first-order chi connectivity index (χ1) is 27.6. The fourth-order valence-corrected chi connectivity index (χ4v) is 9.23. The van der Waals surface area contributed by atoms with Gasteiger partial charge in [-0.15, -0.1) is 0 Å². The zero-order valence-corrected chi connectivity index (χ0v) is 30.7. The fraction of sp³-hybridized carbons (Fsp3) is 0.0192. The van der Waals surface area contributed by atoms with E-state index in [4.69, 9.17) is 9.41 Å². The summed E-state index contributed by atoms with van der Waals surface area (Å²) in [6.07, 6.45) is 0. The van der Waals surface area contributed by atoms with Gasteiger partial charge in [-0.2, -0.15) is 0 Å². The number of hydrogen-bond donors (Lipinski definition) is 1. The Kier molecular flexibility index (Phi) is 6.45. The summed E-state index contributed by atoms with van der Waals surface area (Å²) >= 11 is 0. The molecule has 3 aromatic heterocycles. The van der Waals surface area contributed by atoms with Crippen molar-refractivity contribution in [1.82, 2.24) is 4.40 Å². The van der Waals surface area contributed by atoms with Crippen molar-refractivity contribution in [2.45, 2.75) is 6.92 Å². The maximum absolute atomic E-state index is 6.13. The molecule has 1 aliphatic heterocycles. The largest absolute Gasteiger partial charge is 0.456 e. The van der Waals surface area contributed by atoms with Gasteiger partial charge >= 0.3 is 0 Å². The van der Waals surface area contributed by atoms with E-state index in [1.807, 2.05) is 18.2 Å². The van der Waals surface area contributed by atoms with Crippen LogP contribution in [0.3, 0.4) is 0 Å². The molecule has 4 nitrogen and oxygen atoms in total. The molecule has 0 spiro atoms. The first-order valence-corrected chi connectivity index (χ1v) is 19.1. The van der Waals surface area contributed by atoms with Gasteiger partial charge in [0.15, 0.2) is 0 Å². The number of aryl methyl sites for hydroxylation is 1. The number of fused-ring (bicyclic) bond motifs is 9. The van der Waals surface area contributed by atoms with E-state index in [0.717, 1.165) is 54.8 Å². The minimum absolute atomic E-state index is 0.915. The number of hydrogen-bond acceptors (Lipinski definition) is 2. The van der Waals surface area contributed by atoms with Gasteiger partial charge in [-0.05, 0) is 95.4 Å². The minimum Gasteiger partial charge on any atom is -0.456 e. The third kappa shape index (κ3) is 4.42. The number of aromatic nitrogens is 1. The first-order valence-electron chi connectivity index (χ1n) is 19.1. The maximum Gasteiger partial charge on any atom is 0.149 e. The molecule has 1 unspecified atom stereocenters. The fourth-order valence-electron chi connectivity index (χ4n) is 9.23. The Morgan fingerprint density at radius 3 is 2.12 bits per heavy atom. The number of rotatable bonds is 4. The van der Waals surface area contributed by atoms with Crippen molar-refractivity contribution < 1.29 is 9.32 Å². The molecule has 0 radical (unpaired) electrons. The Balaban J connectivity index is 0.956. The monoisotopic (exact) mass is 716 g/mol. The van der Waals surface area contributed by atoms with E-state index in [9.17, 15) is 0 Å². The van der Waals surface area contributed by atoms with Gasteiger partial charge in [-0.1, -0.05) is 97.6 Å². The van der Waals surface area contributed by atoms with Gasteiger partial charge in [0.05, 0.1) is 33.0 Å². The Bertz CT molecular complexity index is 3530. The van der Waals surface area contributed by atoms with Gasteiger partial charge in [0.25, 0.3) is 0 Å². The Labute approximate surface area is 322 Å². The second-order valence-electron chi connectivity index (χ2n) is 15.0. The summed E-state index contributed by atoms with van der Waals surface area (Å²) in [6, 6.07) is 61.3. The lowest BCUT2D eigenvalue weighted by molar-refractivity contribution is -0.677. The highest BCUT2D eigenvalue weighted by atomic mass is 16.3. The Morgan fingerprint density at radius 1 is 0.518 bits per heavy atom. The molecule has 0 amide bonds. The number of nitrogens with one attached hydrogen (secondary N) is 1. The van der Waals surface area contributed by atoms with E-state index in [1.54, 1.807) is 0 Å². The predicted molar refractivity (Wildman–Crippen MR) is 231 cm³/mol. The molecule has 56 heavy (non-hydrogen) atoms. The zero-order valence-electron chi connectivity index (χ0n) is 30.7. The molecule has 1 atom stereocenters. The van der Waals surface area contributed by atoms with Crippen LogP contribution in [0.4, 0.5) is 22.7 Å². The molecule has 0 saturated heterocycles. The molecular formula is C52H34N3O+. The molecule has 0 saturated carbocycles. The Morgan fingerprint density at radius 2 is 1.20 bits per heavy atom. The summed E-state index contributed by atoms with van der Waals surface area (Å²) in [7, 11) is 0. The molecule has 0 fully saturated rings. The van der Waals surface area contributed by atoms with E-state index in [1.165, 1.54) is 71.6 Å². The average molecular weight is 717 g/mol. The summed E-state index contributed by atoms with van der Waals surface area (Å²) in [4.78, 5) is 6.40. The number of nitrogens with zero attached hydrogens (tertiary/aromatic N) is 2. The summed E-state index contributed by atoms with van der Waals surface area (Å²) in [5, 5.41) is 7.71. The molecule has 11 aromatic rings. The summed E-state index contributed by atoms with van der Waals surface area (Å²) < 4.78 is 8.43. The first kappa shape index (κ1) is 31.1. The zero-order chi connectivity index (χ0) is 37.1. The molecule has 8 aromatic carbocycles. The van der Waals surface area contributed by atoms with Crippen LogP contribution in [0.25, 0.3) is 89.1 Å². The molecule has 4 heterocycles. The lowest BCUT2D eigenvalue weighted by Gasteiger charge is -2.16. The van der Waals surface area contributed by atoms with E-state index >= 15 is 0 Å². The van der Waals surface area contributed by atoms with Gasteiger partial charge in [0.1, 0.15) is 28.2 Å². The highest BCUT2D eigenvalue weighted by Gasteiger charge is 2.33. The van der Waals surface area contributed by atoms with Crippen molar-refractivity contribution in [2.24, 2.45) is 4.99 Å². The van der Waals surface area contributed by atoms with Crippen LogP contribution in [-0.2, 0) is 0 Å². The van der Waals surface area contributed by atoms with Crippen molar-refractivity contribution in [3.05, 3.63) is 186 Å². The van der Waals surface area contributed by atoms with Crippen LogP contribution >= 0.6 is 0 Å². The number of quaternary nitrogens is 1. The van der Waals surface area contributed by atoms with Gasteiger partial charge in [-0.25, -0.2) is 9.89 Å². The van der Waals surface area contributed by atoms with E-state index in [-0.39, 0.29) is 0 Å². The van der Waals surface area contributed by atoms with Crippen LogP contribution in [0.1, 0.15) is 5.56 Å². The van der Waals surface area contributed by atoms with Gasteiger partial charge < -0.3 is 8.82 Å². The topological polar surface area (TPSA) is 34.4 Å². The molecule has 0 bridgehead atoms. The van der Waals surface area contributed by atoms with Crippen LogP contribution < -0.4 is 15.6 Å². The van der Waals surface area contributed by atoms with Crippen molar-refractivity contribution in [1.29, 1.82) is 0 Å². The van der Waals surface area contributed by atoms with Gasteiger partial charge in [0, 0.05) is 50.7 Å². The van der Waals surface area contributed by atoms with Gasteiger partial charge in [-0.3, -0.25) is 0 Å². The smallest absolute Gasteiger partial charge is 0.149 e.